The monoisotopic (exact) mass is 284 g/mol. The van der Waals surface area contributed by atoms with Crippen LogP contribution < -0.4 is 16.8 Å². The summed E-state index contributed by atoms with van der Waals surface area (Å²) >= 11 is 0. The smallest absolute Gasteiger partial charge is 0.124 e. The Kier molecular flexibility index (Phi) is 3.35. The van der Waals surface area contributed by atoms with Crippen molar-refractivity contribution in [2.24, 2.45) is 5.73 Å². The van der Waals surface area contributed by atoms with Gasteiger partial charge in [-0.25, -0.2) is 0 Å². The Morgan fingerprint density at radius 1 is 1.38 bits per heavy atom. The zero-order valence-electron chi connectivity index (χ0n) is 12.0. The highest BCUT2D eigenvalue weighted by atomic mass is 16.3. The Bertz CT molecular complexity index is 702. The van der Waals surface area contributed by atoms with Gasteiger partial charge in [0.2, 0.25) is 0 Å². The van der Waals surface area contributed by atoms with E-state index in [1.165, 1.54) is 0 Å². The molecule has 0 unspecified atom stereocenters. The quantitative estimate of drug-likeness (QED) is 0.582. The van der Waals surface area contributed by atoms with Crippen LogP contribution in [0.4, 0.5) is 5.82 Å². The lowest BCUT2D eigenvalue weighted by Gasteiger charge is -2.21. The van der Waals surface area contributed by atoms with E-state index >= 15 is 0 Å². The second kappa shape index (κ2) is 5.18. The molecule has 0 spiro atoms. The number of rotatable bonds is 2. The maximum Gasteiger partial charge on any atom is 0.124 e. The van der Waals surface area contributed by atoms with Gasteiger partial charge in [0.25, 0.3) is 0 Å². The summed E-state index contributed by atoms with van der Waals surface area (Å²) in [4.78, 5) is 3.24. The summed E-state index contributed by atoms with van der Waals surface area (Å²) in [6.45, 7) is 3.05. The topological polar surface area (TPSA) is 100 Å². The summed E-state index contributed by atoms with van der Waals surface area (Å²) in [5.74, 6) is 0.786. The highest BCUT2D eigenvalue weighted by Gasteiger charge is 2.23. The van der Waals surface area contributed by atoms with Crippen LogP contribution in [-0.2, 0) is 6.42 Å². The fourth-order valence-corrected chi connectivity index (χ4v) is 2.92. The molecular formula is C16H20N4O. The summed E-state index contributed by atoms with van der Waals surface area (Å²) in [6, 6.07) is 7.25. The molecule has 1 aliphatic rings. The Morgan fingerprint density at radius 2 is 2.14 bits per heavy atom. The number of hydrogen-bond acceptors (Lipinski definition) is 4. The number of fused-ring (bicyclic) bond motifs is 1. The number of aromatic nitrogens is 1. The third kappa shape index (κ3) is 2.36. The first-order valence-electron chi connectivity index (χ1n) is 7.07. The fraction of sp³-hybridized carbons (Fsp3) is 0.250. The molecule has 7 N–H and O–H groups in total. The fourth-order valence-electron chi connectivity index (χ4n) is 2.92. The van der Waals surface area contributed by atoms with Crippen molar-refractivity contribution < 1.29 is 5.11 Å². The number of nitrogen functional groups attached to an aromatic ring is 1. The lowest BCUT2D eigenvalue weighted by Crippen LogP contribution is -2.27. The molecular weight excluding hydrogens is 264 g/mol. The lowest BCUT2D eigenvalue weighted by molar-refractivity contribution is 0.473. The van der Waals surface area contributed by atoms with Crippen molar-refractivity contribution in [1.29, 1.82) is 0 Å². The average molecular weight is 284 g/mol. The average Bonchev–Trinajstić information content (AvgIpc) is 2.77. The molecule has 0 saturated heterocycles. The van der Waals surface area contributed by atoms with Crippen molar-refractivity contribution in [3.05, 3.63) is 46.6 Å². The van der Waals surface area contributed by atoms with Gasteiger partial charge in [0.15, 0.2) is 0 Å². The number of nitrogens with one attached hydrogen (secondary N) is 2. The van der Waals surface area contributed by atoms with Crippen LogP contribution in [0.15, 0.2) is 24.3 Å². The van der Waals surface area contributed by atoms with E-state index in [0.29, 0.717) is 17.1 Å². The summed E-state index contributed by atoms with van der Waals surface area (Å²) in [6.07, 6.45) is 2.76. The number of para-hydroxylation sites is 1. The number of phenols is 1. The summed E-state index contributed by atoms with van der Waals surface area (Å²) < 4.78 is 0. The van der Waals surface area contributed by atoms with E-state index in [0.717, 1.165) is 29.8 Å². The van der Waals surface area contributed by atoms with Gasteiger partial charge in [-0.1, -0.05) is 12.1 Å². The van der Waals surface area contributed by atoms with Gasteiger partial charge < -0.3 is 26.9 Å². The van der Waals surface area contributed by atoms with E-state index in [2.05, 4.69) is 17.2 Å². The lowest BCUT2D eigenvalue weighted by atomic mass is 9.97. The van der Waals surface area contributed by atoms with E-state index in [1.54, 1.807) is 18.2 Å². The minimum atomic E-state index is 0.167. The predicted octanol–water partition coefficient (Wildman–Crippen LogP) is 1.97. The van der Waals surface area contributed by atoms with Crippen LogP contribution in [0.5, 0.6) is 5.75 Å². The molecule has 0 radical (unpaired) electrons. The first-order chi connectivity index (χ1) is 10.1. The number of benzene rings is 1. The summed E-state index contributed by atoms with van der Waals surface area (Å²) in [7, 11) is 0. The number of hydrogen-bond donors (Lipinski definition) is 5. The first-order valence-corrected chi connectivity index (χ1v) is 7.07. The van der Waals surface area contributed by atoms with Crippen molar-refractivity contribution in [2.45, 2.75) is 19.4 Å². The Morgan fingerprint density at radius 3 is 2.90 bits per heavy atom. The van der Waals surface area contributed by atoms with Crippen molar-refractivity contribution >= 4 is 17.6 Å². The number of aromatic amines is 1. The number of aromatic hydroxyl groups is 1. The Labute approximate surface area is 123 Å². The van der Waals surface area contributed by atoms with Crippen LogP contribution in [0.2, 0.25) is 0 Å². The van der Waals surface area contributed by atoms with E-state index in [4.69, 9.17) is 11.5 Å². The zero-order chi connectivity index (χ0) is 15.0. The Hall–Kier alpha value is -2.40. The van der Waals surface area contributed by atoms with Gasteiger partial charge in [-0.15, -0.1) is 0 Å². The van der Waals surface area contributed by atoms with Crippen LogP contribution in [0.1, 0.15) is 35.3 Å². The SMILES string of the molecule is C[C@@H]1NCCc2[nH]c(N)c(/C=C(\N)c3ccccc3O)c21. The van der Waals surface area contributed by atoms with Gasteiger partial charge in [-0.2, -0.15) is 0 Å². The minimum Gasteiger partial charge on any atom is -0.507 e. The molecule has 0 bridgehead atoms. The molecule has 1 aromatic heterocycles. The molecule has 1 atom stereocenters. The molecule has 3 rings (SSSR count). The molecule has 1 aromatic carbocycles. The van der Waals surface area contributed by atoms with Crippen LogP contribution in [0.3, 0.4) is 0 Å². The number of anilines is 1. The number of H-pyrrole nitrogens is 1. The molecule has 0 fully saturated rings. The van der Waals surface area contributed by atoms with E-state index < -0.39 is 0 Å². The molecule has 0 aliphatic carbocycles. The number of phenolic OH excluding ortho intramolecular Hbond substituents is 1. The number of nitrogens with two attached hydrogens (primary N) is 2. The van der Waals surface area contributed by atoms with Crippen molar-refractivity contribution in [3.63, 3.8) is 0 Å². The van der Waals surface area contributed by atoms with Crippen LogP contribution in [-0.4, -0.2) is 16.6 Å². The van der Waals surface area contributed by atoms with Gasteiger partial charge >= 0.3 is 0 Å². The molecule has 110 valence electrons. The zero-order valence-corrected chi connectivity index (χ0v) is 12.0. The third-order valence-electron chi connectivity index (χ3n) is 3.96. The molecule has 2 heterocycles. The predicted molar refractivity (Wildman–Crippen MR) is 85.5 cm³/mol. The second-order valence-corrected chi connectivity index (χ2v) is 5.39. The van der Waals surface area contributed by atoms with E-state index in [9.17, 15) is 5.11 Å². The molecule has 21 heavy (non-hydrogen) atoms. The maximum atomic E-state index is 9.90. The van der Waals surface area contributed by atoms with Gasteiger partial charge in [0.1, 0.15) is 11.6 Å². The summed E-state index contributed by atoms with van der Waals surface area (Å²) in [5.41, 5.74) is 16.6. The normalized spacial score (nSPS) is 18.5. The molecule has 0 amide bonds. The van der Waals surface area contributed by atoms with Crippen molar-refractivity contribution in [1.82, 2.24) is 10.3 Å². The molecule has 1 aliphatic heterocycles. The molecule has 5 nitrogen and oxygen atoms in total. The highest BCUT2D eigenvalue weighted by Crippen LogP contribution is 2.33. The minimum absolute atomic E-state index is 0.167. The van der Waals surface area contributed by atoms with Crippen LogP contribution >= 0.6 is 0 Å². The van der Waals surface area contributed by atoms with Crippen molar-refractivity contribution in [2.75, 3.05) is 12.3 Å². The van der Waals surface area contributed by atoms with Gasteiger partial charge in [0, 0.05) is 41.5 Å². The van der Waals surface area contributed by atoms with Crippen LogP contribution in [0.25, 0.3) is 11.8 Å². The maximum absolute atomic E-state index is 9.90. The van der Waals surface area contributed by atoms with Gasteiger partial charge in [0.05, 0.1) is 0 Å². The van der Waals surface area contributed by atoms with Crippen LogP contribution in [0, 0.1) is 0 Å². The van der Waals surface area contributed by atoms with E-state index in [-0.39, 0.29) is 11.8 Å². The standard InChI is InChI=1S/C16H20N4O/c1-9-15-11(16(18)20-13(15)6-7-19-9)8-12(17)10-4-2-3-5-14(10)21/h2-5,8-9,19-21H,6-7,17-18H2,1H3/b12-8-/t9-/m0/s1. The van der Waals surface area contributed by atoms with Gasteiger partial charge in [-0.3, -0.25) is 0 Å². The summed E-state index contributed by atoms with van der Waals surface area (Å²) in [5, 5.41) is 13.3. The molecule has 2 aromatic rings. The third-order valence-corrected chi connectivity index (χ3v) is 3.96. The second-order valence-electron chi connectivity index (χ2n) is 5.39. The van der Waals surface area contributed by atoms with Gasteiger partial charge in [-0.05, 0) is 30.7 Å². The molecule has 5 heteroatoms. The van der Waals surface area contributed by atoms with Crippen molar-refractivity contribution in [3.8, 4) is 5.75 Å². The van der Waals surface area contributed by atoms with E-state index in [1.807, 2.05) is 12.1 Å². The molecule has 0 saturated carbocycles. The highest BCUT2D eigenvalue weighted by molar-refractivity contribution is 5.86. The largest absolute Gasteiger partial charge is 0.507 e. The Balaban J connectivity index is 2.08. The first kappa shape index (κ1) is 13.6.